The van der Waals surface area contributed by atoms with E-state index in [0.29, 0.717) is 0 Å². The number of nitrogens with zero attached hydrogens (tertiary/aromatic N) is 1. The van der Waals surface area contributed by atoms with E-state index in [4.69, 9.17) is 0 Å². The number of hydrogen-bond donors (Lipinski definition) is 1. The monoisotopic (exact) mass is 184 g/mol. The van der Waals surface area contributed by atoms with E-state index < -0.39 is 0 Å². The maximum Gasteiger partial charge on any atom is 0.260 e. The van der Waals surface area contributed by atoms with Gasteiger partial charge in [-0.1, -0.05) is 6.08 Å². The Morgan fingerprint density at radius 3 is 2.15 bits per heavy atom. The Hall–Kier alpha value is -0.830. The molecule has 0 bridgehead atoms. The number of carbonyl (C=O) groups is 1. The van der Waals surface area contributed by atoms with E-state index in [1.165, 1.54) is 0 Å². The Labute approximate surface area is 80.8 Å². The zero-order valence-electron chi connectivity index (χ0n) is 9.16. The van der Waals surface area contributed by atoms with Crippen molar-refractivity contribution >= 4 is 5.91 Å². The van der Waals surface area contributed by atoms with Gasteiger partial charge in [0.1, 0.15) is 0 Å². The number of carbonyl (C=O) groups excluding carboxylic acids is 1. The minimum atomic E-state index is 0.00574. The number of nitrogens with one attached hydrogen (secondary N) is 1. The first-order chi connectivity index (χ1) is 5.99. The maximum atomic E-state index is 11.5. The first-order valence-electron chi connectivity index (χ1n) is 4.71. The van der Waals surface area contributed by atoms with Crippen LogP contribution in [-0.4, -0.2) is 23.0 Å². The van der Waals surface area contributed by atoms with Crippen molar-refractivity contribution in [2.75, 3.05) is 0 Å². The van der Waals surface area contributed by atoms with Crippen molar-refractivity contribution in [1.82, 2.24) is 10.4 Å². The molecular weight excluding hydrogens is 164 g/mol. The average Bonchev–Trinajstić information content (AvgIpc) is 1.99. The molecule has 0 aliphatic carbocycles. The standard InChI is InChI=1S/C10H20N2O/c1-6-7-10(13)12(9(4)5)11-8(2)3/h6-9,11H,1-5H3/b7-6+. The third-order valence-electron chi connectivity index (χ3n) is 1.46. The molecule has 1 amide bonds. The second-order valence-electron chi connectivity index (χ2n) is 3.59. The van der Waals surface area contributed by atoms with Crippen molar-refractivity contribution in [3.63, 3.8) is 0 Å². The van der Waals surface area contributed by atoms with Crippen LogP contribution in [0, 0.1) is 0 Å². The lowest BCUT2D eigenvalue weighted by atomic mass is 10.3. The van der Waals surface area contributed by atoms with Crippen LogP contribution < -0.4 is 5.43 Å². The first kappa shape index (κ1) is 12.2. The molecule has 13 heavy (non-hydrogen) atoms. The van der Waals surface area contributed by atoms with Gasteiger partial charge in [-0.15, -0.1) is 0 Å². The fourth-order valence-electron chi connectivity index (χ4n) is 0.968. The molecule has 0 atom stereocenters. The summed E-state index contributed by atoms with van der Waals surface area (Å²) in [7, 11) is 0. The van der Waals surface area contributed by atoms with Gasteiger partial charge in [-0.25, -0.2) is 5.43 Å². The molecule has 0 radical (unpaired) electrons. The van der Waals surface area contributed by atoms with E-state index >= 15 is 0 Å². The van der Waals surface area contributed by atoms with Gasteiger partial charge < -0.3 is 0 Å². The van der Waals surface area contributed by atoms with E-state index in [1.54, 1.807) is 17.2 Å². The van der Waals surface area contributed by atoms with Crippen molar-refractivity contribution < 1.29 is 4.79 Å². The van der Waals surface area contributed by atoms with Crippen LogP contribution in [0.15, 0.2) is 12.2 Å². The van der Waals surface area contributed by atoms with E-state index in [-0.39, 0.29) is 18.0 Å². The van der Waals surface area contributed by atoms with Crippen LogP contribution >= 0.6 is 0 Å². The molecule has 0 aromatic heterocycles. The van der Waals surface area contributed by atoms with Crippen molar-refractivity contribution in [2.24, 2.45) is 0 Å². The molecule has 3 nitrogen and oxygen atoms in total. The van der Waals surface area contributed by atoms with Crippen molar-refractivity contribution in [3.05, 3.63) is 12.2 Å². The number of hydrogen-bond acceptors (Lipinski definition) is 2. The van der Waals surface area contributed by atoms with E-state index in [0.717, 1.165) is 0 Å². The second kappa shape index (κ2) is 5.75. The molecule has 0 aliphatic heterocycles. The highest BCUT2D eigenvalue weighted by Gasteiger charge is 2.14. The Kier molecular flexibility index (Phi) is 5.39. The van der Waals surface area contributed by atoms with Crippen LogP contribution in [0.5, 0.6) is 0 Å². The Bertz CT molecular complexity index is 185. The normalized spacial score (nSPS) is 11.6. The topological polar surface area (TPSA) is 32.3 Å². The number of allylic oxidation sites excluding steroid dienone is 1. The Morgan fingerprint density at radius 2 is 1.85 bits per heavy atom. The lowest BCUT2D eigenvalue weighted by Crippen LogP contribution is -2.49. The molecule has 0 aliphatic rings. The van der Waals surface area contributed by atoms with Gasteiger partial charge in [0.05, 0.1) is 0 Å². The van der Waals surface area contributed by atoms with Crippen molar-refractivity contribution in [3.8, 4) is 0 Å². The van der Waals surface area contributed by atoms with Crippen molar-refractivity contribution in [2.45, 2.75) is 46.7 Å². The summed E-state index contributed by atoms with van der Waals surface area (Å²) in [5, 5.41) is 1.64. The zero-order valence-corrected chi connectivity index (χ0v) is 9.16. The molecule has 0 unspecified atom stereocenters. The SMILES string of the molecule is C/C=C/C(=O)N(NC(C)C)C(C)C. The number of amides is 1. The molecule has 0 rings (SSSR count). The molecule has 1 N–H and O–H groups in total. The smallest absolute Gasteiger partial charge is 0.260 e. The van der Waals surface area contributed by atoms with Gasteiger partial charge in [-0.05, 0) is 34.6 Å². The van der Waals surface area contributed by atoms with Crippen LogP contribution in [-0.2, 0) is 4.79 Å². The lowest BCUT2D eigenvalue weighted by Gasteiger charge is -2.28. The quantitative estimate of drug-likeness (QED) is 0.533. The Balaban J connectivity index is 4.33. The summed E-state index contributed by atoms with van der Waals surface area (Å²) in [5.74, 6) is 0.00574. The van der Waals surface area contributed by atoms with Crippen LogP contribution in [0.1, 0.15) is 34.6 Å². The van der Waals surface area contributed by atoms with Gasteiger partial charge in [0, 0.05) is 18.2 Å². The summed E-state index contributed by atoms with van der Waals surface area (Å²) >= 11 is 0. The van der Waals surface area contributed by atoms with E-state index in [1.807, 2.05) is 34.6 Å². The summed E-state index contributed by atoms with van der Waals surface area (Å²) in [5.41, 5.74) is 3.10. The molecule has 0 spiro atoms. The molecule has 0 saturated heterocycles. The van der Waals surface area contributed by atoms with Gasteiger partial charge in [0.15, 0.2) is 0 Å². The van der Waals surface area contributed by atoms with E-state index in [2.05, 4.69) is 5.43 Å². The molecule has 0 saturated carbocycles. The fraction of sp³-hybridized carbons (Fsp3) is 0.700. The van der Waals surface area contributed by atoms with Gasteiger partial charge in [-0.2, -0.15) is 0 Å². The molecule has 0 aromatic rings. The molecule has 0 aromatic carbocycles. The number of rotatable bonds is 4. The summed E-state index contributed by atoms with van der Waals surface area (Å²) in [4.78, 5) is 11.5. The zero-order chi connectivity index (χ0) is 10.4. The van der Waals surface area contributed by atoms with Gasteiger partial charge in [-0.3, -0.25) is 9.80 Å². The molecule has 3 heteroatoms. The van der Waals surface area contributed by atoms with Crippen LogP contribution in [0.3, 0.4) is 0 Å². The highest BCUT2D eigenvalue weighted by molar-refractivity contribution is 5.87. The van der Waals surface area contributed by atoms with Crippen molar-refractivity contribution in [1.29, 1.82) is 0 Å². The minimum Gasteiger partial charge on any atom is -0.272 e. The third kappa shape index (κ3) is 4.68. The third-order valence-corrected chi connectivity index (χ3v) is 1.46. The summed E-state index contributed by atoms with van der Waals surface area (Å²) < 4.78 is 0. The van der Waals surface area contributed by atoms with Crippen LogP contribution in [0.2, 0.25) is 0 Å². The molecular formula is C10H20N2O. The van der Waals surface area contributed by atoms with Crippen LogP contribution in [0.4, 0.5) is 0 Å². The molecule has 0 heterocycles. The van der Waals surface area contributed by atoms with Crippen LogP contribution in [0.25, 0.3) is 0 Å². The Morgan fingerprint density at radius 1 is 1.31 bits per heavy atom. The summed E-state index contributed by atoms with van der Waals surface area (Å²) in [6.07, 6.45) is 3.31. The van der Waals surface area contributed by atoms with Gasteiger partial charge in [0.2, 0.25) is 0 Å². The predicted molar refractivity (Wildman–Crippen MR) is 55.1 cm³/mol. The average molecular weight is 184 g/mol. The first-order valence-corrected chi connectivity index (χ1v) is 4.71. The highest BCUT2D eigenvalue weighted by atomic mass is 16.2. The highest BCUT2D eigenvalue weighted by Crippen LogP contribution is 1.97. The number of hydrazine groups is 1. The largest absolute Gasteiger partial charge is 0.272 e. The van der Waals surface area contributed by atoms with Gasteiger partial charge >= 0.3 is 0 Å². The summed E-state index contributed by atoms with van der Waals surface area (Å²) in [6, 6.07) is 0.447. The summed E-state index contributed by atoms with van der Waals surface area (Å²) in [6.45, 7) is 9.83. The second-order valence-corrected chi connectivity index (χ2v) is 3.59. The minimum absolute atomic E-state index is 0.00574. The van der Waals surface area contributed by atoms with E-state index in [9.17, 15) is 4.79 Å². The molecule has 0 fully saturated rings. The maximum absolute atomic E-state index is 11.5. The molecule has 76 valence electrons. The lowest BCUT2D eigenvalue weighted by molar-refractivity contribution is -0.131. The predicted octanol–water partition coefficient (Wildman–Crippen LogP) is 1.71. The fourth-order valence-corrected chi connectivity index (χ4v) is 0.968. The van der Waals surface area contributed by atoms with Gasteiger partial charge in [0.25, 0.3) is 5.91 Å².